The summed E-state index contributed by atoms with van der Waals surface area (Å²) in [5.74, 6) is -0.223. The third-order valence-corrected chi connectivity index (χ3v) is 4.90. The van der Waals surface area contributed by atoms with Gasteiger partial charge in [0.1, 0.15) is 0 Å². The molecule has 0 heterocycles. The number of anilines is 1. The molecule has 6 nitrogen and oxygen atoms in total. The van der Waals surface area contributed by atoms with E-state index in [9.17, 15) is 13.2 Å². The molecule has 0 unspecified atom stereocenters. The van der Waals surface area contributed by atoms with E-state index in [-0.39, 0.29) is 10.8 Å². The third kappa shape index (κ3) is 5.88. The first-order chi connectivity index (χ1) is 11.9. The zero-order chi connectivity index (χ0) is 18.3. The van der Waals surface area contributed by atoms with Crippen molar-refractivity contribution in [2.75, 3.05) is 31.9 Å². The Kier molecular flexibility index (Phi) is 6.55. The summed E-state index contributed by atoms with van der Waals surface area (Å²) in [6, 6.07) is 14.6. The average molecular weight is 361 g/mol. The van der Waals surface area contributed by atoms with E-state index in [0.29, 0.717) is 17.8 Å². The summed E-state index contributed by atoms with van der Waals surface area (Å²) in [5.41, 5.74) is 0.767. The minimum atomic E-state index is -3.67. The molecule has 0 atom stereocenters. The van der Waals surface area contributed by atoms with Crippen molar-refractivity contribution in [3.05, 3.63) is 60.2 Å². The van der Waals surface area contributed by atoms with Crippen LogP contribution < -0.4 is 10.0 Å². The summed E-state index contributed by atoms with van der Waals surface area (Å²) >= 11 is 0. The van der Waals surface area contributed by atoms with Gasteiger partial charge in [-0.1, -0.05) is 24.3 Å². The fourth-order valence-corrected chi connectivity index (χ4v) is 3.31. The Morgan fingerprint density at radius 3 is 2.44 bits per heavy atom. The van der Waals surface area contributed by atoms with Crippen molar-refractivity contribution in [1.29, 1.82) is 0 Å². The number of rotatable bonds is 8. The molecule has 0 radical (unpaired) electrons. The van der Waals surface area contributed by atoms with Gasteiger partial charge in [-0.15, -0.1) is 0 Å². The molecule has 0 saturated carbocycles. The Balaban J connectivity index is 2.02. The summed E-state index contributed by atoms with van der Waals surface area (Å²) in [4.78, 5) is 14.4. The van der Waals surface area contributed by atoms with Crippen LogP contribution in [0.5, 0.6) is 0 Å². The molecule has 2 N–H and O–H groups in total. The van der Waals surface area contributed by atoms with Crippen LogP contribution in [-0.2, 0) is 10.0 Å². The number of benzene rings is 2. The van der Waals surface area contributed by atoms with Gasteiger partial charge in [-0.2, -0.15) is 0 Å². The fraction of sp³-hybridized carbons (Fsp3) is 0.278. The Morgan fingerprint density at radius 2 is 1.76 bits per heavy atom. The lowest BCUT2D eigenvalue weighted by Crippen LogP contribution is -2.27. The standard InChI is InChI=1S/C18H23N3O3S/c1-21(2)13-7-12-19-18(22)15-8-6-9-16(14-15)20-25(23,24)17-10-4-3-5-11-17/h3-6,8-11,14,20H,7,12-13H2,1-2H3,(H,19,22). The Hall–Kier alpha value is -2.38. The van der Waals surface area contributed by atoms with Gasteiger partial charge in [0.25, 0.3) is 15.9 Å². The van der Waals surface area contributed by atoms with Crippen LogP contribution in [0.15, 0.2) is 59.5 Å². The van der Waals surface area contributed by atoms with Gasteiger partial charge in [-0.05, 0) is 57.4 Å². The van der Waals surface area contributed by atoms with Crippen LogP contribution in [0.2, 0.25) is 0 Å². The van der Waals surface area contributed by atoms with Gasteiger partial charge in [-0.25, -0.2) is 8.42 Å². The average Bonchev–Trinajstić information content (AvgIpc) is 2.59. The van der Waals surface area contributed by atoms with E-state index in [0.717, 1.165) is 13.0 Å². The van der Waals surface area contributed by atoms with Crippen LogP contribution in [0, 0.1) is 0 Å². The second-order valence-corrected chi connectivity index (χ2v) is 7.59. The van der Waals surface area contributed by atoms with Crippen LogP contribution in [0.1, 0.15) is 16.8 Å². The van der Waals surface area contributed by atoms with Crippen LogP contribution in [0.4, 0.5) is 5.69 Å². The SMILES string of the molecule is CN(C)CCCNC(=O)c1cccc(NS(=O)(=O)c2ccccc2)c1. The predicted molar refractivity (Wildman–Crippen MR) is 99.2 cm³/mol. The van der Waals surface area contributed by atoms with Crippen LogP contribution in [0.3, 0.4) is 0 Å². The number of nitrogens with zero attached hydrogens (tertiary/aromatic N) is 1. The molecule has 0 bridgehead atoms. The van der Waals surface area contributed by atoms with E-state index in [4.69, 9.17) is 0 Å². The molecule has 25 heavy (non-hydrogen) atoms. The molecule has 0 aliphatic rings. The van der Waals surface area contributed by atoms with E-state index >= 15 is 0 Å². The monoisotopic (exact) mass is 361 g/mol. The lowest BCUT2D eigenvalue weighted by molar-refractivity contribution is 0.0952. The highest BCUT2D eigenvalue weighted by Gasteiger charge is 2.14. The Bertz CT molecular complexity index is 805. The van der Waals surface area contributed by atoms with E-state index < -0.39 is 10.0 Å². The molecule has 0 spiro atoms. The normalized spacial score (nSPS) is 11.3. The van der Waals surface area contributed by atoms with Gasteiger partial charge in [0.2, 0.25) is 0 Å². The highest BCUT2D eigenvalue weighted by Crippen LogP contribution is 2.17. The van der Waals surface area contributed by atoms with Crippen molar-refractivity contribution in [3.63, 3.8) is 0 Å². The van der Waals surface area contributed by atoms with Crippen molar-refractivity contribution in [1.82, 2.24) is 10.2 Å². The lowest BCUT2D eigenvalue weighted by atomic mass is 10.2. The van der Waals surface area contributed by atoms with E-state index in [2.05, 4.69) is 10.0 Å². The number of amides is 1. The van der Waals surface area contributed by atoms with E-state index in [1.54, 1.807) is 36.4 Å². The smallest absolute Gasteiger partial charge is 0.261 e. The molecule has 0 fully saturated rings. The molecule has 0 aliphatic heterocycles. The zero-order valence-corrected chi connectivity index (χ0v) is 15.2. The minimum Gasteiger partial charge on any atom is -0.352 e. The summed E-state index contributed by atoms with van der Waals surface area (Å²) in [6.07, 6.45) is 0.846. The quantitative estimate of drug-likeness (QED) is 0.707. The first kappa shape index (κ1) is 19.0. The van der Waals surface area contributed by atoms with Gasteiger partial charge in [-0.3, -0.25) is 9.52 Å². The Morgan fingerprint density at radius 1 is 1.04 bits per heavy atom. The zero-order valence-electron chi connectivity index (χ0n) is 14.4. The van der Waals surface area contributed by atoms with Crippen molar-refractivity contribution in [3.8, 4) is 0 Å². The van der Waals surface area contributed by atoms with E-state index in [1.165, 1.54) is 18.2 Å². The molecule has 0 aromatic heterocycles. The van der Waals surface area contributed by atoms with Crippen molar-refractivity contribution < 1.29 is 13.2 Å². The number of nitrogens with one attached hydrogen (secondary N) is 2. The first-order valence-electron chi connectivity index (χ1n) is 7.99. The predicted octanol–water partition coefficient (Wildman–Crippen LogP) is 2.17. The number of carbonyl (C=O) groups is 1. The van der Waals surface area contributed by atoms with Crippen molar-refractivity contribution in [2.45, 2.75) is 11.3 Å². The molecule has 2 aromatic carbocycles. The van der Waals surface area contributed by atoms with Crippen LogP contribution in [-0.4, -0.2) is 46.4 Å². The molecule has 134 valence electrons. The second-order valence-electron chi connectivity index (χ2n) is 5.91. The molecule has 7 heteroatoms. The molecule has 2 rings (SSSR count). The topological polar surface area (TPSA) is 78.5 Å². The highest BCUT2D eigenvalue weighted by atomic mass is 32.2. The molecular formula is C18H23N3O3S. The van der Waals surface area contributed by atoms with Crippen LogP contribution >= 0.6 is 0 Å². The summed E-state index contributed by atoms with van der Waals surface area (Å²) in [6.45, 7) is 1.45. The first-order valence-corrected chi connectivity index (χ1v) is 9.48. The summed E-state index contributed by atoms with van der Waals surface area (Å²) in [7, 11) is 0.279. The van der Waals surface area contributed by atoms with Gasteiger partial charge < -0.3 is 10.2 Å². The fourth-order valence-electron chi connectivity index (χ4n) is 2.24. The summed E-state index contributed by atoms with van der Waals surface area (Å²) < 4.78 is 27.2. The van der Waals surface area contributed by atoms with Crippen LogP contribution in [0.25, 0.3) is 0 Å². The number of hydrogen-bond donors (Lipinski definition) is 2. The second kappa shape index (κ2) is 8.64. The molecule has 2 aromatic rings. The maximum absolute atomic E-state index is 12.3. The van der Waals surface area contributed by atoms with Crippen molar-refractivity contribution in [2.24, 2.45) is 0 Å². The molecule has 1 amide bonds. The van der Waals surface area contributed by atoms with Gasteiger partial charge in [0, 0.05) is 17.8 Å². The minimum absolute atomic E-state index is 0.175. The maximum atomic E-state index is 12.3. The molecular weight excluding hydrogens is 338 g/mol. The largest absolute Gasteiger partial charge is 0.352 e. The lowest BCUT2D eigenvalue weighted by Gasteiger charge is -2.11. The third-order valence-electron chi connectivity index (χ3n) is 3.50. The van der Waals surface area contributed by atoms with Crippen molar-refractivity contribution >= 4 is 21.6 Å². The molecule has 0 aliphatic carbocycles. The summed E-state index contributed by atoms with van der Waals surface area (Å²) in [5, 5.41) is 2.83. The van der Waals surface area contributed by atoms with E-state index in [1.807, 2.05) is 19.0 Å². The number of sulfonamides is 1. The highest BCUT2D eigenvalue weighted by molar-refractivity contribution is 7.92. The Labute approximate surface area is 148 Å². The number of hydrogen-bond acceptors (Lipinski definition) is 4. The van der Waals surface area contributed by atoms with Gasteiger partial charge in [0.15, 0.2) is 0 Å². The van der Waals surface area contributed by atoms with Gasteiger partial charge >= 0.3 is 0 Å². The van der Waals surface area contributed by atoms with Gasteiger partial charge in [0.05, 0.1) is 4.90 Å². The molecule has 0 saturated heterocycles. The number of carbonyl (C=O) groups excluding carboxylic acids is 1. The maximum Gasteiger partial charge on any atom is 0.261 e.